The van der Waals surface area contributed by atoms with Crippen molar-refractivity contribution in [3.8, 4) is 5.75 Å². The molecule has 1 saturated heterocycles. The fourth-order valence-corrected chi connectivity index (χ4v) is 3.25. The van der Waals surface area contributed by atoms with Gasteiger partial charge in [-0.25, -0.2) is 0 Å². The van der Waals surface area contributed by atoms with Gasteiger partial charge in [-0.15, -0.1) is 0 Å². The summed E-state index contributed by atoms with van der Waals surface area (Å²) in [4.78, 5) is 11.7. The fourth-order valence-electron chi connectivity index (χ4n) is 3.25. The molecule has 3 rings (SSSR count). The number of carbonyl (C=O) groups is 1. The minimum absolute atomic E-state index is 0.125. The van der Waals surface area contributed by atoms with E-state index in [-0.39, 0.29) is 18.0 Å². The average Bonchev–Trinajstić information content (AvgIpc) is 3.38. The summed E-state index contributed by atoms with van der Waals surface area (Å²) >= 11 is 0. The Morgan fingerprint density at radius 1 is 1.36 bits per heavy atom. The Morgan fingerprint density at radius 3 is 2.91 bits per heavy atom. The Labute approximate surface area is 132 Å². The summed E-state index contributed by atoms with van der Waals surface area (Å²) in [5.41, 5.74) is 1.20. The van der Waals surface area contributed by atoms with Crippen LogP contribution in [0.1, 0.15) is 43.6 Å². The van der Waals surface area contributed by atoms with Crippen molar-refractivity contribution in [2.24, 2.45) is 5.92 Å². The lowest BCUT2D eigenvalue weighted by atomic mass is 9.91. The van der Waals surface area contributed by atoms with Gasteiger partial charge in [0.1, 0.15) is 11.9 Å². The molecule has 1 aromatic rings. The lowest BCUT2D eigenvalue weighted by Gasteiger charge is -2.24. The first-order valence-corrected chi connectivity index (χ1v) is 8.30. The first-order valence-electron chi connectivity index (χ1n) is 8.30. The number of hydrogen-bond donors (Lipinski definition) is 1. The summed E-state index contributed by atoms with van der Waals surface area (Å²) in [5.74, 6) is 1.67. The molecule has 1 N–H and O–H groups in total. The molecule has 4 nitrogen and oxygen atoms in total. The molecule has 0 radical (unpaired) electrons. The van der Waals surface area contributed by atoms with Gasteiger partial charge in [0.25, 0.3) is 0 Å². The zero-order chi connectivity index (χ0) is 15.4. The second-order valence-corrected chi connectivity index (χ2v) is 6.38. The minimum Gasteiger partial charge on any atom is -0.489 e. The first kappa shape index (κ1) is 15.3. The van der Waals surface area contributed by atoms with Crippen molar-refractivity contribution < 1.29 is 14.3 Å². The molecule has 0 bridgehead atoms. The zero-order valence-corrected chi connectivity index (χ0v) is 13.2. The Bertz CT molecular complexity index is 507. The van der Waals surface area contributed by atoms with Crippen molar-refractivity contribution in [3.63, 3.8) is 0 Å². The topological polar surface area (TPSA) is 47.6 Å². The van der Waals surface area contributed by atoms with E-state index in [0.29, 0.717) is 12.3 Å². The largest absolute Gasteiger partial charge is 0.489 e. The summed E-state index contributed by atoms with van der Waals surface area (Å²) < 4.78 is 11.0. The highest BCUT2D eigenvalue weighted by Crippen LogP contribution is 2.45. The number of methoxy groups -OCH3 is 1. The molecule has 0 spiro atoms. The van der Waals surface area contributed by atoms with E-state index in [4.69, 9.17) is 9.47 Å². The summed E-state index contributed by atoms with van der Waals surface area (Å²) in [7, 11) is 1.46. The summed E-state index contributed by atoms with van der Waals surface area (Å²) in [6, 6.07) is 8.27. The smallest absolute Gasteiger partial charge is 0.306 e. The van der Waals surface area contributed by atoms with Crippen molar-refractivity contribution in [2.45, 2.75) is 44.1 Å². The monoisotopic (exact) mass is 303 g/mol. The lowest BCUT2D eigenvalue weighted by Crippen LogP contribution is -2.37. The maximum absolute atomic E-state index is 11.7. The van der Waals surface area contributed by atoms with Gasteiger partial charge < -0.3 is 14.8 Å². The molecule has 2 unspecified atom stereocenters. The van der Waals surface area contributed by atoms with Crippen molar-refractivity contribution in [3.05, 3.63) is 29.8 Å². The predicted octanol–water partition coefficient (Wildman–Crippen LogP) is 2.87. The standard InChI is InChI=1S/C18H25NO3/c1-21-18(20)11-17(13-7-8-13)14-4-2-5-15(10-14)22-16-6-3-9-19-12-16/h2,4-5,10,13,16-17,19H,3,6-9,11-12H2,1H3. The number of benzene rings is 1. The summed E-state index contributed by atoms with van der Waals surface area (Å²) in [6.07, 6.45) is 5.40. The van der Waals surface area contributed by atoms with E-state index < -0.39 is 0 Å². The van der Waals surface area contributed by atoms with Gasteiger partial charge in [0.05, 0.1) is 13.5 Å². The highest BCUT2D eigenvalue weighted by Gasteiger charge is 2.34. The molecule has 0 amide bonds. The first-order chi connectivity index (χ1) is 10.8. The molecule has 22 heavy (non-hydrogen) atoms. The van der Waals surface area contributed by atoms with Crippen LogP contribution in [-0.2, 0) is 9.53 Å². The van der Waals surface area contributed by atoms with Gasteiger partial charge in [0, 0.05) is 6.54 Å². The molecule has 1 aromatic carbocycles. The van der Waals surface area contributed by atoms with Gasteiger partial charge in [-0.2, -0.15) is 0 Å². The van der Waals surface area contributed by atoms with Crippen LogP contribution in [0.4, 0.5) is 0 Å². The van der Waals surface area contributed by atoms with Crippen LogP contribution in [0, 0.1) is 5.92 Å². The van der Waals surface area contributed by atoms with E-state index in [0.717, 1.165) is 31.7 Å². The van der Waals surface area contributed by atoms with Crippen molar-refractivity contribution in [1.82, 2.24) is 5.32 Å². The van der Waals surface area contributed by atoms with Gasteiger partial charge in [0.15, 0.2) is 0 Å². The van der Waals surface area contributed by atoms with Crippen LogP contribution in [0.15, 0.2) is 24.3 Å². The number of ether oxygens (including phenoxy) is 2. The molecule has 0 aromatic heterocycles. The fraction of sp³-hybridized carbons (Fsp3) is 0.611. The molecule has 1 aliphatic heterocycles. The molecule has 1 heterocycles. The van der Waals surface area contributed by atoms with Gasteiger partial charge >= 0.3 is 5.97 Å². The molecule has 1 aliphatic carbocycles. The molecule has 4 heteroatoms. The summed E-state index contributed by atoms with van der Waals surface area (Å²) in [6.45, 7) is 2.00. The molecule has 120 valence electrons. The SMILES string of the molecule is COC(=O)CC(c1cccc(OC2CCCNC2)c1)C1CC1. The second-order valence-electron chi connectivity index (χ2n) is 6.38. The number of piperidine rings is 1. The van der Waals surface area contributed by atoms with E-state index in [9.17, 15) is 4.79 Å². The Hall–Kier alpha value is -1.55. The third kappa shape index (κ3) is 4.01. The van der Waals surface area contributed by atoms with Crippen LogP contribution in [0.25, 0.3) is 0 Å². The minimum atomic E-state index is -0.125. The van der Waals surface area contributed by atoms with E-state index in [1.165, 1.54) is 25.5 Å². The second kappa shape index (κ2) is 7.14. The van der Waals surface area contributed by atoms with E-state index >= 15 is 0 Å². The van der Waals surface area contributed by atoms with E-state index in [1.807, 2.05) is 12.1 Å². The van der Waals surface area contributed by atoms with Gasteiger partial charge in [-0.05, 0) is 61.8 Å². The number of rotatable bonds is 6. The van der Waals surface area contributed by atoms with E-state index in [1.54, 1.807) is 0 Å². The van der Waals surface area contributed by atoms with Crippen LogP contribution in [0.5, 0.6) is 5.75 Å². The lowest BCUT2D eigenvalue weighted by molar-refractivity contribution is -0.141. The van der Waals surface area contributed by atoms with Crippen molar-refractivity contribution in [1.29, 1.82) is 0 Å². The quantitative estimate of drug-likeness (QED) is 0.821. The van der Waals surface area contributed by atoms with Crippen LogP contribution in [0.3, 0.4) is 0 Å². The third-order valence-electron chi connectivity index (χ3n) is 4.65. The van der Waals surface area contributed by atoms with Crippen LogP contribution < -0.4 is 10.1 Å². The Morgan fingerprint density at radius 2 is 2.23 bits per heavy atom. The maximum Gasteiger partial charge on any atom is 0.306 e. The van der Waals surface area contributed by atoms with Crippen molar-refractivity contribution >= 4 is 5.97 Å². The Kier molecular flexibility index (Phi) is 4.98. The van der Waals surface area contributed by atoms with Crippen LogP contribution >= 0.6 is 0 Å². The Balaban J connectivity index is 1.69. The molecule has 2 atom stereocenters. The van der Waals surface area contributed by atoms with Gasteiger partial charge in [-0.1, -0.05) is 12.1 Å². The summed E-state index contributed by atoms with van der Waals surface area (Å²) in [5, 5.41) is 3.37. The normalized spacial score (nSPS) is 22.9. The zero-order valence-electron chi connectivity index (χ0n) is 13.2. The highest BCUT2D eigenvalue weighted by molar-refractivity contribution is 5.70. The number of esters is 1. The molecule has 2 fully saturated rings. The predicted molar refractivity (Wildman–Crippen MR) is 85.1 cm³/mol. The van der Waals surface area contributed by atoms with Crippen LogP contribution in [-0.4, -0.2) is 32.3 Å². The van der Waals surface area contributed by atoms with Gasteiger partial charge in [-0.3, -0.25) is 4.79 Å². The maximum atomic E-state index is 11.7. The molecular formula is C18H25NO3. The average molecular weight is 303 g/mol. The number of nitrogens with one attached hydrogen (secondary N) is 1. The highest BCUT2D eigenvalue weighted by atomic mass is 16.5. The number of hydrogen-bond acceptors (Lipinski definition) is 4. The van der Waals surface area contributed by atoms with Crippen LogP contribution in [0.2, 0.25) is 0 Å². The number of carbonyl (C=O) groups excluding carboxylic acids is 1. The third-order valence-corrected chi connectivity index (χ3v) is 4.65. The van der Waals surface area contributed by atoms with Gasteiger partial charge in [0.2, 0.25) is 0 Å². The van der Waals surface area contributed by atoms with E-state index in [2.05, 4.69) is 17.4 Å². The molecular weight excluding hydrogens is 278 g/mol. The van der Waals surface area contributed by atoms with Crippen molar-refractivity contribution in [2.75, 3.05) is 20.2 Å². The molecule has 1 saturated carbocycles. The molecule has 2 aliphatic rings.